The van der Waals surface area contributed by atoms with Crippen molar-refractivity contribution in [3.8, 4) is 17.2 Å². The third kappa shape index (κ3) is 4.73. The molecule has 3 aromatic rings. The van der Waals surface area contributed by atoms with Crippen LogP contribution in [0.4, 0.5) is 0 Å². The minimum atomic E-state index is -0.740. The number of aromatic nitrogens is 2. The van der Waals surface area contributed by atoms with Gasteiger partial charge in [0.05, 0.1) is 7.11 Å². The molecule has 0 fully saturated rings. The molecule has 1 aromatic heterocycles. The van der Waals surface area contributed by atoms with Gasteiger partial charge in [0.2, 0.25) is 5.89 Å². The summed E-state index contributed by atoms with van der Waals surface area (Å²) in [4.78, 5) is 24.1. The standard InChI is InChI=1S/C20H19N3O5/c1-13(19-22-23-20(28-19)15-6-4-3-5-7-15)27-17(24)12-21-18(25)14-8-10-16(26-2)11-9-14/h3-11,13H,12H2,1-2H3,(H,21,25)/t13-/m0/s1. The fraction of sp³-hybridized carbons (Fsp3) is 0.200. The molecule has 0 radical (unpaired) electrons. The lowest BCUT2D eigenvalue weighted by molar-refractivity contribution is -0.148. The van der Waals surface area contributed by atoms with Gasteiger partial charge in [-0.05, 0) is 43.3 Å². The van der Waals surface area contributed by atoms with Gasteiger partial charge in [-0.1, -0.05) is 18.2 Å². The Morgan fingerprint density at radius 2 is 1.79 bits per heavy atom. The van der Waals surface area contributed by atoms with E-state index in [0.717, 1.165) is 5.56 Å². The second kappa shape index (κ2) is 8.81. The highest BCUT2D eigenvalue weighted by Gasteiger charge is 2.19. The van der Waals surface area contributed by atoms with E-state index in [-0.39, 0.29) is 12.4 Å². The van der Waals surface area contributed by atoms with E-state index < -0.39 is 18.0 Å². The van der Waals surface area contributed by atoms with Crippen molar-refractivity contribution in [3.05, 3.63) is 66.1 Å². The lowest BCUT2D eigenvalue weighted by Crippen LogP contribution is -2.31. The number of benzene rings is 2. The third-order valence-electron chi connectivity index (χ3n) is 3.86. The molecule has 0 unspecified atom stereocenters. The number of amides is 1. The second-order valence-electron chi connectivity index (χ2n) is 5.85. The molecule has 1 amide bonds. The molecular formula is C20H19N3O5. The number of ether oxygens (including phenoxy) is 2. The van der Waals surface area contributed by atoms with E-state index in [1.165, 1.54) is 0 Å². The summed E-state index contributed by atoms with van der Waals surface area (Å²) < 4.78 is 15.8. The van der Waals surface area contributed by atoms with Crippen molar-refractivity contribution in [3.63, 3.8) is 0 Å². The van der Waals surface area contributed by atoms with Crippen LogP contribution in [0.5, 0.6) is 5.75 Å². The largest absolute Gasteiger partial charge is 0.497 e. The van der Waals surface area contributed by atoms with E-state index in [1.807, 2.05) is 30.3 Å². The Hall–Kier alpha value is -3.68. The molecule has 8 heteroatoms. The van der Waals surface area contributed by atoms with E-state index >= 15 is 0 Å². The van der Waals surface area contributed by atoms with Gasteiger partial charge < -0.3 is 19.2 Å². The van der Waals surface area contributed by atoms with Crippen molar-refractivity contribution in [2.24, 2.45) is 0 Å². The molecule has 0 saturated carbocycles. The van der Waals surface area contributed by atoms with Gasteiger partial charge in [-0.2, -0.15) is 0 Å². The maximum Gasteiger partial charge on any atom is 0.326 e. The molecule has 0 bridgehead atoms. The normalized spacial score (nSPS) is 11.5. The Labute approximate surface area is 161 Å². The van der Waals surface area contributed by atoms with Gasteiger partial charge in [-0.15, -0.1) is 10.2 Å². The molecule has 0 spiro atoms. The molecule has 2 aromatic carbocycles. The van der Waals surface area contributed by atoms with E-state index in [1.54, 1.807) is 38.3 Å². The van der Waals surface area contributed by atoms with Crippen LogP contribution in [-0.4, -0.2) is 35.7 Å². The Balaban J connectivity index is 1.51. The minimum absolute atomic E-state index is 0.175. The number of nitrogens with zero attached hydrogens (tertiary/aromatic N) is 2. The Bertz CT molecular complexity index is 938. The van der Waals surface area contributed by atoms with Crippen LogP contribution < -0.4 is 10.1 Å². The number of hydrogen-bond donors (Lipinski definition) is 1. The Morgan fingerprint density at radius 1 is 1.07 bits per heavy atom. The number of esters is 1. The Morgan fingerprint density at radius 3 is 2.46 bits per heavy atom. The second-order valence-corrected chi connectivity index (χ2v) is 5.85. The summed E-state index contributed by atoms with van der Waals surface area (Å²) in [6.07, 6.45) is -0.740. The SMILES string of the molecule is COc1ccc(C(=O)NCC(=O)O[C@@H](C)c2nnc(-c3ccccc3)o2)cc1. The quantitative estimate of drug-likeness (QED) is 0.628. The average molecular weight is 381 g/mol. The van der Waals surface area contributed by atoms with Crippen LogP contribution in [0.3, 0.4) is 0 Å². The molecular weight excluding hydrogens is 362 g/mol. The van der Waals surface area contributed by atoms with Crippen LogP contribution in [0, 0.1) is 0 Å². The van der Waals surface area contributed by atoms with Gasteiger partial charge in [0.1, 0.15) is 12.3 Å². The summed E-state index contributed by atoms with van der Waals surface area (Å²) in [6, 6.07) is 15.8. The van der Waals surface area contributed by atoms with Crippen molar-refractivity contribution >= 4 is 11.9 Å². The van der Waals surface area contributed by atoms with E-state index in [0.29, 0.717) is 17.2 Å². The lowest BCUT2D eigenvalue weighted by Gasteiger charge is -2.10. The molecule has 0 aliphatic carbocycles. The van der Waals surface area contributed by atoms with Crippen molar-refractivity contribution in [2.75, 3.05) is 13.7 Å². The van der Waals surface area contributed by atoms with Crippen LogP contribution in [0.2, 0.25) is 0 Å². The van der Waals surface area contributed by atoms with Crippen LogP contribution in [0.15, 0.2) is 59.0 Å². The molecule has 0 aliphatic rings. The van der Waals surface area contributed by atoms with E-state index in [9.17, 15) is 9.59 Å². The molecule has 3 rings (SSSR count). The Kier molecular flexibility index (Phi) is 6.01. The highest BCUT2D eigenvalue weighted by molar-refractivity contribution is 5.96. The fourth-order valence-electron chi connectivity index (χ4n) is 2.38. The highest BCUT2D eigenvalue weighted by Crippen LogP contribution is 2.22. The molecule has 28 heavy (non-hydrogen) atoms. The first kappa shape index (κ1) is 19.1. The fourth-order valence-corrected chi connectivity index (χ4v) is 2.38. The number of carbonyl (C=O) groups excluding carboxylic acids is 2. The first-order chi connectivity index (χ1) is 13.6. The molecule has 144 valence electrons. The minimum Gasteiger partial charge on any atom is -0.497 e. The van der Waals surface area contributed by atoms with Crippen LogP contribution in [0.1, 0.15) is 29.3 Å². The number of nitrogens with one attached hydrogen (secondary N) is 1. The smallest absolute Gasteiger partial charge is 0.326 e. The molecule has 1 atom stereocenters. The van der Waals surface area contributed by atoms with Gasteiger partial charge in [-0.25, -0.2) is 0 Å². The topological polar surface area (TPSA) is 104 Å². The molecule has 1 N–H and O–H groups in total. The van der Waals surface area contributed by atoms with Crippen LogP contribution in [0.25, 0.3) is 11.5 Å². The van der Waals surface area contributed by atoms with Crippen LogP contribution >= 0.6 is 0 Å². The third-order valence-corrected chi connectivity index (χ3v) is 3.86. The summed E-state index contributed by atoms with van der Waals surface area (Å²) in [6.45, 7) is 1.33. The molecule has 1 heterocycles. The maximum absolute atomic E-state index is 12.1. The average Bonchev–Trinajstić information content (AvgIpc) is 3.23. The molecule has 0 aliphatic heterocycles. The summed E-state index contributed by atoms with van der Waals surface area (Å²) >= 11 is 0. The number of hydrogen-bond acceptors (Lipinski definition) is 7. The van der Waals surface area contributed by atoms with Crippen molar-refractivity contribution in [2.45, 2.75) is 13.0 Å². The van der Waals surface area contributed by atoms with Gasteiger partial charge in [0.15, 0.2) is 6.10 Å². The molecule has 0 saturated heterocycles. The monoisotopic (exact) mass is 381 g/mol. The highest BCUT2D eigenvalue weighted by atomic mass is 16.6. The number of methoxy groups -OCH3 is 1. The summed E-state index contributed by atoms with van der Waals surface area (Å²) in [5.74, 6) is 0.143. The lowest BCUT2D eigenvalue weighted by atomic mass is 10.2. The zero-order valence-electron chi connectivity index (χ0n) is 15.4. The predicted octanol–water partition coefficient (Wildman–Crippen LogP) is 2.78. The zero-order valence-corrected chi connectivity index (χ0v) is 15.4. The first-order valence-corrected chi connectivity index (χ1v) is 8.57. The van der Waals surface area contributed by atoms with E-state index in [2.05, 4.69) is 15.5 Å². The first-order valence-electron chi connectivity index (χ1n) is 8.57. The van der Waals surface area contributed by atoms with Crippen molar-refractivity contribution in [1.82, 2.24) is 15.5 Å². The summed E-state index contributed by atoms with van der Waals surface area (Å²) in [5, 5.41) is 10.4. The van der Waals surface area contributed by atoms with Crippen LogP contribution in [-0.2, 0) is 9.53 Å². The van der Waals surface area contributed by atoms with Gasteiger partial charge >= 0.3 is 5.97 Å². The zero-order chi connectivity index (χ0) is 19.9. The van der Waals surface area contributed by atoms with Gasteiger partial charge in [-0.3, -0.25) is 9.59 Å². The summed E-state index contributed by atoms with van der Waals surface area (Å²) in [5.41, 5.74) is 1.18. The number of rotatable bonds is 7. The predicted molar refractivity (Wildman–Crippen MR) is 99.6 cm³/mol. The maximum atomic E-state index is 12.1. The summed E-state index contributed by atoms with van der Waals surface area (Å²) in [7, 11) is 1.54. The van der Waals surface area contributed by atoms with Gasteiger partial charge in [0, 0.05) is 11.1 Å². The van der Waals surface area contributed by atoms with Crippen molar-refractivity contribution in [1.29, 1.82) is 0 Å². The van der Waals surface area contributed by atoms with Crippen molar-refractivity contribution < 1.29 is 23.5 Å². The number of carbonyl (C=O) groups is 2. The van der Waals surface area contributed by atoms with E-state index in [4.69, 9.17) is 13.9 Å². The molecule has 8 nitrogen and oxygen atoms in total. The van der Waals surface area contributed by atoms with Gasteiger partial charge in [0.25, 0.3) is 11.8 Å².